The van der Waals surface area contributed by atoms with Gasteiger partial charge in [-0.25, -0.2) is 0 Å². The lowest BCUT2D eigenvalue weighted by Crippen LogP contribution is -2.27. The predicted molar refractivity (Wildman–Crippen MR) is 109 cm³/mol. The summed E-state index contributed by atoms with van der Waals surface area (Å²) in [4.78, 5) is 25.0. The second-order valence-electron chi connectivity index (χ2n) is 6.91. The fourth-order valence-corrected chi connectivity index (χ4v) is 3.04. The van der Waals surface area contributed by atoms with Crippen LogP contribution < -0.4 is 15.6 Å². The summed E-state index contributed by atoms with van der Waals surface area (Å²) in [5.41, 5.74) is -1.53. The zero-order valence-corrected chi connectivity index (χ0v) is 16.8. The number of amides is 1. The van der Waals surface area contributed by atoms with E-state index in [1.54, 1.807) is 24.3 Å². The number of halogens is 4. The Labute approximate surface area is 175 Å². The van der Waals surface area contributed by atoms with E-state index in [2.05, 4.69) is 5.32 Å². The number of ether oxygens (including phenoxy) is 1. The van der Waals surface area contributed by atoms with E-state index in [9.17, 15) is 22.8 Å². The lowest BCUT2D eigenvalue weighted by molar-refractivity contribution is -0.137. The summed E-state index contributed by atoms with van der Waals surface area (Å²) in [6.45, 7) is 3.39. The molecule has 0 fully saturated rings. The van der Waals surface area contributed by atoms with E-state index >= 15 is 0 Å². The van der Waals surface area contributed by atoms with Crippen LogP contribution in [0.15, 0.2) is 53.5 Å². The SMILES string of the molecule is CC(C)Oc1ccc2c(=O)n(CC(=O)Nc3cc(C(F)(F)F)ccc3Cl)ccc2c1. The van der Waals surface area contributed by atoms with Crippen LogP contribution in [0.2, 0.25) is 5.02 Å². The van der Waals surface area contributed by atoms with E-state index in [0.29, 0.717) is 16.5 Å². The highest BCUT2D eigenvalue weighted by Crippen LogP contribution is 2.33. The molecule has 2 aromatic carbocycles. The van der Waals surface area contributed by atoms with E-state index in [0.717, 1.165) is 18.2 Å². The van der Waals surface area contributed by atoms with Crippen LogP contribution in [-0.4, -0.2) is 16.6 Å². The minimum absolute atomic E-state index is 0.0193. The summed E-state index contributed by atoms with van der Waals surface area (Å²) in [6, 6.07) is 9.28. The van der Waals surface area contributed by atoms with Crippen molar-refractivity contribution in [1.29, 1.82) is 0 Å². The molecule has 1 amide bonds. The van der Waals surface area contributed by atoms with Gasteiger partial charge in [-0.1, -0.05) is 11.6 Å². The number of alkyl halides is 3. The number of carbonyl (C=O) groups excluding carboxylic acids is 1. The van der Waals surface area contributed by atoms with Gasteiger partial charge in [0.2, 0.25) is 5.91 Å². The molecule has 3 rings (SSSR count). The van der Waals surface area contributed by atoms with E-state index in [1.165, 1.54) is 10.8 Å². The summed E-state index contributed by atoms with van der Waals surface area (Å²) in [5.74, 6) is -0.0657. The molecule has 0 atom stereocenters. The second kappa shape index (κ2) is 8.39. The number of hydrogen-bond acceptors (Lipinski definition) is 3. The van der Waals surface area contributed by atoms with Gasteiger partial charge in [0.1, 0.15) is 12.3 Å². The first-order valence-electron chi connectivity index (χ1n) is 9.01. The van der Waals surface area contributed by atoms with Crippen LogP contribution in [0.4, 0.5) is 18.9 Å². The van der Waals surface area contributed by atoms with Crippen LogP contribution in [0.25, 0.3) is 10.8 Å². The maximum atomic E-state index is 12.9. The molecule has 0 saturated heterocycles. The van der Waals surface area contributed by atoms with Crippen LogP contribution in [-0.2, 0) is 17.5 Å². The van der Waals surface area contributed by atoms with Crippen molar-refractivity contribution < 1.29 is 22.7 Å². The second-order valence-corrected chi connectivity index (χ2v) is 7.31. The summed E-state index contributed by atoms with van der Waals surface area (Å²) in [7, 11) is 0. The van der Waals surface area contributed by atoms with Gasteiger partial charge in [-0.3, -0.25) is 9.59 Å². The maximum absolute atomic E-state index is 12.9. The lowest BCUT2D eigenvalue weighted by Gasteiger charge is -2.13. The highest BCUT2D eigenvalue weighted by molar-refractivity contribution is 6.33. The van der Waals surface area contributed by atoms with Gasteiger partial charge in [0, 0.05) is 11.6 Å². The summed E-state index contributed by atoms with van der Waals surface area (Å²) in [6.07, 6.45) is -3.15. The molecular weight excluding hydrogens is 421 g/mol. The van der Waals surface area contributed by atoms with Crippen molar-refractivity contribution in [3.8, 4) is 5.75 Å². The Kier molecular flexibility index (Phi) is 6.07. The molecule has 0 saturated carbocycles. The average Bonchev–Trinajstić information content (AvgIpc) is 2.64. The molecule has 3 aromatic rings. The minimum atomic E-state index is -4.57. The summed E-state index contributed by atoms with van der Waals surface area (Å²) in [5, 5.41) is 3.32. The first kappa shape index (κ1) is 21.7. The number of benzene rings is 2. The van der Waals surface area contributed by atoms with Crippen LogP contribution in [0.3, 0.4) is 0 Å². The van der Waals surface area contributed by atoms with E-state index in [-0.39, 0.29) is 23.4 Å². The molecule has 158 valence electrons. The van der Waals surface area contributed by atoms with Crippen molar-refractivity contribution in [1.82, 2.24) is 4.57 Å². The molecule has 0 spiro atoms. The van der Waals surface area contributed by atoms with Crippen LogP contribution in [0, 0.1) is 0 Å². The molecule has 0 unspecified atom stereocenters. The predicted octanol–water partition coefficient (Wildman–Crippen LogP) is 5.10. The van der Waals surface area contributed by atoms with Crippen LogP contribution >= 0.6 is 11.6 Å². The third-order valence-corrected chi connectivity index (χ3v) is 4.53. The Bertz CT molecular complexity index is 1160. The first-order valence-corrected chi connectivity index (χ1v) is 9.39. The minimum Gasteiger partial charge on any atom is -0.491 e. The van der Waals surface area contributed by atoms with Gasteiger partial charge in [-0.05, 0) is 61.7 Å². The van der Waals surface area contributed by atoms with Gasteiger partial charge in [0.05, 0.1) is 22.4 Å². The quantitative estimate of drug-likeness (QED) is 0.603. The standard InChI is InChI=1S/C21H18ClF3N2O3/c1-12(2)30-15-4-5-16-13(9-15)7-8-27(20(16)29)11-19(28)26-18-10-14(21(23,24)25)3-6-17(18)22/h3-10,12H,11H2,1-2H3,(H,26,28). The third-order valence-electron chi connectivity index (χ3n) is 4.20. The fraction of sp³-hybridized carbons (Fsp3) is 0.238. The number of nitrogens with one attached hydrogen (secondary N) is 1. The summed E-state index contributed by atoms with van der Waals surface area (Å²) < 4.78 is 45.4. The monoisotopic (exact) mass is 438 g/mol. The van der Waals surface area contributed by atoms with Gasteiger partial charge in [-0.2, -0.15) is 13.2 Å². The van der Waals surface area contributed by atoms with Crippen molar-refractivity contribution >= 4 is 34.0 Å². The van der Waals surface area contributed by atoms with Crippen molar-refractivity contribution in [2.45, 2.75) is 32.7 Å². The molecule has 9 heteroatoms. The molecule has 0 radical (unpaired) electrons. The summed E-state index contributed by atoms with van der Waals surface area (Å²) >= 11 is 5.89. The zero-order valence-electron chi connectivity index (χ0n) is 16.1. The number of rotatable bonds is 5. The van der Waals surface area contributed by atoms with E-state index < -0.39 is 23.2 Å². The molecule has 0 aliphatic carbocycles. The van der Waals surface area contributed by atoms with Crippen LogP contribution in [0.5, 0.6) is 5.75 Å². The Morgan fingerprint density at radius 1 is 1.17 bits per heavy atom. The largest absolute Gasteiger partial charge is 0.491 e. The molecule has 5 nitrogen and oxygen atoms in total. The highest BCUT2D eigenvalue weighted by atomic mass is 35.5. The number of anilines is 1. The van der Waals surface area contributed by atoms with Crippen molar-refractivity contribution in [3.63, 3.8) is 0 Å². The van der Waals surface area contributed by atoms with Gasteiger partial charge < -0.3 is 14.6 Å². The number of pyridine rings is 1. The topological polar surface area (TPSA) is 60.3 Å². The molecule has 30 heavy (non-hydrogen) atoms. The third kappa shape index (κ3) is 4.94. The first-order chi connectivity index (χ1) is 14.0. The normalized spacial score (nSPS) is 11.7. The average molecular weight is 439 g/mol. The molecule has 1 heterocycles. The van der Waals surface area contributed by atoms with Gasteiger partial charge in [0.25, 0.3) is 5.56 Å². The Morgan fingerprint density at radius 3 is 2.57 bits per heavy atom. The molecule has 0 aliphatic heterocycles. The molecule has 0 bridgehead atoms. The van der Waals surface area contributed by atoms with E-state index in [1.807, 2.05) is 13.8 Å². The zero-order chi connectivity index (χ0) is 22.1. The smallest absolute Gasteiger partial charge is 0.416 e. The number of nitrogens with zero attached hydrogens (tertiary/aromatic N) is 1. The van der Waals surface area contributed by atoms with Gasteiger partial charge in [-0.15, -0.1) is 0 Å². The van der Waals surface area contributed by atoms with E-state index in [4.69, 9.17) is 16.3 Å². The maximum Gasteiger partial charge on any atom is 0.416 e. The Hall–Kier alpha value is -3.00. The highest BCUT2D eigenvalue weighted by Gasteiger charge is 2.31. The molecular formula is C21H18ClF3N2O3. The van der Waals surface area contributed by atoms with Crippen LogP contribution in [0.1, 0.15) is 19.4 Å². The lowest BCUT2D eigenvalue weighted by atomic mass is 10.1. The number of fused-ring (bicyclic) bond motifs is 1. The molecule has 0 aliphatic rings. The van der Waals surface area contributed by atoms with Crippen molar-refractivity contribution in [3.05, 3.63) is 69.6 Å². The fourth-order valence-electron chi connectivity index (χ4n) is 2.88. The number of carbonyl (C=O) groups is 1. The van der Waals surface area contributed by atoms with Crippen molar-refractivity contribution in [2.24, 2.45) is 0 Å². The number of hydrogen-bond donors (Lipinski definition) is 1. The molecule has 1 aromatic heterocycles. The van der Waals surface area contributed by atoms with Gasteiger partial charge in [0.15, 0.2) is 0 Å². The Balaban J connectivity index is 1.82. The molecule has 1 N–H and O–H groups in total. The number of aromatic nitrogens is 1. The Morgan fingerprint density at radius 2 is 1.90 bits per heavy atom. The van der Waals surface area contributed by atoms with Crippen molar-refractivity contribution in [2.75, 3.05) is 5.32 Å². The van der Waals surface area contributed by atoms with Gasteiger partial charge >= 0.3 is 6.18 Å².